The summed E-state index contributed by atoms with van der Waals surface area (Å²) in [6.45, 7) is 1.00. The van der Waals surface area contributed by atoms with Crippen LogP contribution in [-0.4, -0.2) is 35.6 Å². The van der Waals surface area contributed by atoms with Crippen molar-refractivity contribution in [3.8, 4) is 0 Å². The largest absolute Gasteiger partial charge is 0.388 e. The number of benzene rings is 1. The van der Waals surface area contributed by atoms with Crippen LogP contribution in [0.1, 0.15) is 55.3 Å². The van der Waals surface area contributed by atoms with E-state index in [-0.39, 0.29) is 11.8 Å². The van der Waals surface area contributed by atoms with Crippen LogP contribution in [0.3, 0.4) is 0 Å². The number of hydrogen-bond acceptors (Lipinski definition) is 3. The monoisotopic (exact) mass is 316 g/mol. The van der Waals surface area contributed by atoms with Gasteiger partial charge in [-0.25, -0.2) is 0 Å². The molecule has 0 atom stereocenters. The first-order valence-electron chi connectivity index (χ1n) is 8.48. The van der Waals surface area contributed by atoms with E-state index in [2.05, 4.69) is 5.32 Å². The van der Waals surface area contributed by atoms with Gasteiger partial charge in [-0.2, -0.15) is 0 Å². The van der Waals surface area contributed by atoms with Gasteiger partial charge >= 0.3 is 0 Å². The predicted octanol–water partition coefficient (Wildman–Crippen LogP) is 2.24. The third-order valence-corrected chi connectivity index (χ3v) is 4.86. The first-order valence-corrected chi connectivity index (χ1v) is 8.48. The lowest BCUT2D eigenvalue weighted by Crippen LogP contribution is -2.44. The molecule has 5 heteroatoms. The summed E-state index contributed by atoms with van der Waals surface area (Å²) in [5.74, 6) is -0.0865. The van der Waals surface area contributed by atoms with Crippen molar-refractivity contribution in [2.24, 2.45) is 0 Å². The molecule has 1 aliphatic carbocycles. The molecule has 2 N–H and O–H groups in total. The molecule has 1 heterocycles. The van der Waals surface area contributed by atoms with Crippen LogP contribution in [0.4, 0.5) is 5.69 Å². The molecule has 1 aliphatic heterocycles. The highest BCUT2D eigenvalue weighted by atomic mass is 16.3. The first kappa shape index (κ1) is 16.0. The van der Waals surface area contributed by atoms with Crippen LogP contribution < -0.4 is 10.2 Å². The molecule has 2 amide bonds. The van der Waals surface area contributed by atoms with Crippen molar-refractivity contribution >= 4 is 17.5 Å². The Balaban J connectivity index is 1.64. The Morgan fingerprint density at radius 1 is 1.22 bits per heavy atom. The third kappa shape index (κ3) is 3.72. The second kappa shape index (κ2) is 6.71. The lowest BCUT2D eigenvalue weighted by molar-refractivity contribution is -0.117. The van der Waals surface area contributed by atoms with Crippen molar-refractivity contribution in [3.05, 3.63) is 29.8 Å². The minimum Gasteiger partial charge on any atom is -0.388 e. The number of carbonyl (C=O) groups is 2. The van der Waals surface area contributed by atoms with Crippen molar-refractivity contribution in [2.75, 3.05) is 18.0 Å². The van der Waals surface area contributed by atoms with E-state index in [1.165, 1.54) is 0 Å². The molecule has 5 nitrogen and oxygen atoms in total. The number of amides is 2. The summed E-state index contributed by atoms with van der Waals surface area (Å²) in [7, 11) is 0. The maximum atomic E-state index is 12.4. The van der Waals surface area contributed by atoms with Crippen LogP contribution in [-0.2, 0) is 4.79 Å². The van der Waals surface area contributed by atoms with E-state index in [0.717, 1.165) is 44.2 Å². The molecule has 2 aliphatic rings. The molecule has 1 aromatic rings. The van der Waals surface area contributed by atoms with E-state index in [0.29, 0.717) is 25.1 Å². The van der Waals surface area contributed by atoms with Crippen molar-refractivity contribution in [3.63, 3.8) is 0 Å². The SMILES string of the molecule is O=C(NCC1(O)CCCCC1)c1cccc(N2CCCC2=O)c1. The Labute approximate surface area is 136 Å². The van der Waals surface area contributed by atoms with Gasteiger partial charge in [0.1, 0.15) is 0 Å². The molecule has 1 saturated carbocycles. The molecule has 2 fully saturated rings. The van der Waals surface area contributed by atoms with Crippen LogP contribution >= 0.6 is 0 Å². The maximum absolute atomic E-state index is 12.4. The standard InChI is InChI=1S/C18H24N2O3/c21-16-8-5-11-20(16)15-7-4-6-14(12-15)17(22)19-13-18(23)9-2-1-3-10-18/h4,6-7,12,23H,1-3,5,8-11,13H2,(H,19,22). The normalized spacial score (nSPS) is 20.6. The second-order valence-corrected chi connectivity index (χ2v) is 6.67. The number of nitrogens with one attached hydrogen (secondary N) is 1. The van der Waals surface area contributed by atoms with Gasteiger partial charge in [-0.1, -0.05) is 25.3 Å². The van der Waals surface area contributed by atoms with E-state index in [9.17, 15) is 14.7 Å². The van der Waals surface area contributed by atoms with E-state index in [1.807, 2.05) is 6.07 Å². The molecule has 0 spiro atoms. The lowest BCUT2D eigenvalue weighted by Gasteiger charge is -2.32. The fraction of sp³-hybridized carbons (Fsp3) is 0.556. The summed E-state index contributed by atoms with van der Waals surface area (Å²) >= 11 is 0. The smallest absolute Gasteiger partial charge is 0.251 e. The lowest BCUT2D eigenvalue weighted by atomic mass is 9.85. The van der Waals surface area contributed by atoms with Crippen molar-refractivity contribution < 1.29 is 14.7 Å². The maximum Gasteiger partial charge on any atom is 0.251 e. The zero-order chi connectivity index (χ0) is 16.3. The topological polar surface area (TPSA) is 69.6 Å². The Morgan fingerprint density at radius 3 is 2.70 bits per heavy atom. The molecule has 0 radical (unpaired) electrons. The van der Waals surface area contributed by atoms with E-state index < -0.39 is 5.60 Å². The van der Waals surface area contributed by atoms with Gasteiger partial charge in [0.15, 0.2) is 0 Å². The highest BCUT2D eigenvalue weighted by molar-refractivity contribution is 5.99. The summed E-state index contributed by atoms with van der Waals surface area (Å²) in [5.41, 5.74) is 0.536. The van der Waals surface area contributed by atoms with E-state index in [4.69, 9.17) is 0 Å². The average Bonchev–Trinajstić information content (AvgIpc) is 3.00. The van der Waals surface area contributed by atoms with Gasteiger partial charge in [0.2, 0.25) is 5.91 Å². The molecule has 1 aromatic carbocycles. The first-order chi connectivity index (χ1) is 11.1. The predicted molar refractivity (Wildman–Crippen MR) is 88.4 cm³/mol. The zero-order valence-corrected chi connectivity index (χ0v) is 13.4. The van der Waals surface area contributed by atoms with Gasteiger partial charge in [-0.3, -0.25) is 9.59 Å². The highest BCUT2D eigenvalue weighted by Gasteiger charge is 2.29. The van der Waals surface area contributed by atoms with E-state index in [1.54, 1.807) is 23.1 Å². The Kier molecular flexibility index (Phi) is 4.66. The van der Waals surface area contributed by atoms with Crippen molar-refractivity contribution in [1.82, 2.24) is 5.32 Å². The summed E-state index contributed by atoms with van der Waals surface area (Å²) in [5, 5.41) is 13.3. The molecular formula is C18H24N2O3. The third-order valence-electron chi connectivity index (χ3n) is 4.86. The van der Waals surface area contributed by atoms with Crippen LogP contribution in [0, 0.1) is 0 Å². The van der Waals surface area contributed by atoms with Crippen LogP contribution in [0.2, 0.25) is 0 Å². The van der Waals surface area contributed by atoms with Gasteiger partial charge in [0.25, 0.3) is 5.91 Å². The number of hydrogen-bond donors (Lipinski definition) is 2. The molecular weight excluding hydrogens is 292 g/mol. The fourth-order valence-corrected chi connectivity index (χ4v) is 3.47. The number of anilines is 1. The number of aliphatic hydroxyl groups is 1. The van der Waals surface area contributed by atoms with Crippen molar-refractivity contribution in [1.29, 1.82) is 0 Å². The zero-order valence-electron chi connectivity index (χ0n) is 13.4. The number of nitrogens with zero attached hydrogens (tertiary/aromatic N) is 1. The molecule has 0 unspecified atom stereocenters. The van der Waals surface area contributed by atoms with Crippen molar-refractivity contribution in [2.45, 2.75) is 50.5 Å². The van der Waals surface area contributed by atoms with Gasteiger partial charge in [0.05, 0.1) is 5.60 Å². The van der Waals surface area contributed by atoms with Crippen LogP contribution in [0.15, 0.2) is 24.3 Å². The second-order valence-electron chi connectivity index (χ2n) is 6.67. The van der Waals surface area contributed by atoms with Gasteiger partial charge < -0.3 is 15.3 Å². The molecule has 3 rings (SSSR count). The van der Waals surface area contributed by atoms with Crippen LogP contribution in [0.5, 0.6) is 0 Å². The summed E-state index contributed by atoms with van der Waals surface area (Å²) in [6, 6.07) is 7.15. The molecule has 1 saturated heterocycles. The van der Waals surface area contributed by atoms with Gasteiger partial charge in [-0.15, -0.1) is 0 Å². The highest BCUT2D eigenvalue weighted by Crippen LogP contribution is 2.27. The summed E-state index contributed by atoms with van der Waals surface area (Å²) < 4.78 is 0. The fourth-order valence-electron chi connectivity index (χ4n) is 3.47. The number of carbonyl (C=O) groups excluding carboxylic acids is 2. The molecule has 124 valence electrons. The van der Waals surface area contributed by atoms with Gasteiger partial charge in [0, 0.05) is 30.8 Å². The van der Waals surface area contributed by atoms with Gasteiger partial charge in [-0.05, 0) is 37.5 Å². The molecule has 0 aromatic heterocycles. The Bertz CT molecular complexity index is 594. The Hall–Kier alpha value is -1.88. The average molecular weight is 316 g/mol. The summed E-state index contributed by atoms with van der Waals surface area (Å²) in [4.78, 5) is 25.9. The molecule has 0 bridgehead atoms. The molecule has 23 heavy (non-hydrogen) atoms. The number of rotatable bonds is 4. The van der Waals surface area contributed by atoms with Crippen LogP contribution in [0.25, 0.3) is 0 Å². The minimum atomic E-state index is -0.767. The Morgan fingerprint density at radius 2 is 2.00 bits per heavy atom. The quantitative estimate of drug-likeness (QED) is 0.895. The van der Waals surface area contributed by atoms with E-state index >= 15 is 0 Å². The minimum absolute atomic E-state index is 0.110. The summed E-state index contributed by atoms with van der Waals surface area (Å²) in [6.07, 6.45) is 6.11.